The Labute approximate surface area is 108 Å². The zero-order chi connectivity index (χ0) is 13.7. The standard InChI is InChI=1S/C11H14N2O4S/c1-2-6-3-4-18-9(6)10(15)13-7(11(16)17)5-8(12)14/h3-4,7H,2,5H2,1H3,(H2,12,14)(H,13,15)(H,16,17)/t7-/m0/s1. The summed E-state index contributed by atoms with van der Waals surface area (Å²) >= 11 is 1.23. The van der Waals surface area contributed by atoms with Crippen LogP contribution in [-0.4, -0.2) is 28.9 Å². The van der Waals surface area contributed by atoms with Crippen molar-refractivity contribution in [2.75, 3.05) is 0 Å². The second-order valence-electron chi connectivity index (χ2n) is 3.66. The molecule has 0 aliphatic carbocycles. The van der Waals surface area contributed by atoms with Gasteiger partial charge in [-0.25, -0.2) is 4.79 Å². The van der Waals surface area contributed by atoms with Gasteiger partial charge in [0.25, 0.3) is 5.91 Å². The van der Waals surface area contributed by atoms with Crippen LogP contribution < -0.4 is 11.1 Å². The number of amides is 2. The molecule has 0 fully saturated rings. The lowest BCUT2D eigenvalue weighted by atomic mass is 10.1. The lowest BCUT2D eigenvalue weighted by Crippen LogP contribution is -2.43. The molecular formula is C11H14N2O4S. The molecule has 0 saturated carbocycles. The fourth-order valence-corrected chi connectivity index (χ4v) is 2.34. The smallest absolute Gasteiger partial charge is 0.326 e. The van der Waals surface area contributed by atoms with Crippen molar-refractivity contribution in [2.24, 2.45) is 5.73 Å². The van der Waals surface area contributed by atoms with E-state index in [2.05, 4.69) is 5.32 Å². The van der Waals surface area contributed by atoms with E-state index < -0.39 is 30.2 Å². The van der Waals surface area contributed by atoms with Crippen LogP contribution in [0.1, 0.15) is 28.6 Å². The van der Waals surface area contributed by atoms with Gasteiger partial charge >= 0.3 is 5.97 Å². The van der Waals surface area contributed by atoms with Gasteiger partial charge in [-0.05, 0) is 23.4 Å². The van der Waals surface area contributed by atoms with E-state index in [1.54, 1.807) is 5.38 Å². The van der Waals surface area contributed by atoms with Crippen molar-refractivity contribution in [2.45, 2.75) is 25.8 Å². The molecule has 1 aromatic rings. The first-order chi connectivity index (χ1) is 8.45. The van der Waals surface area contributed by atoms with Gasteiger partial charge < -0.3 is 16.2 Å². The maximum absolute atomic E-state index is 11.9. The van der Waals surface area contributed by atoms with Gasteiger partial charge in [0, 0.05) is 0 Å². The average molecular weight is 270 g/mol. The fourth-order valence-electron chi connectivity index (χ4n) is 1.44. The van der Waals surface area contributed by atoms with Gasteiger partial charge in [0.05, 0.1) is 11.3 Å². The number of aryl methyl sites for hydroxylation is 1. The second-order valence-corrected chi connectivity index (χ2v) is 4.58. The number of carbonyl (C=O) groups is 3. The van der Waals surface area contributed by atoms with Gasteiger partial charge in [0.15, 0.2) is 0 Å². The highest BCUT2D eigenvalue weighted by Crippen LogP contribution is 2.17. The topological polar surface area (TPSA) is 109 Å². The second kappa shape index (κ2) is 6.15. The van der Waals surface area contributed by atoms with Crippen LogP contribution in [0.3, 0.4) is 0 Å². The Bertz CT molecular complexity index is 469. The van der Waals surface area contributed by atoms with E-state index in [4.69, 9.17) is 10.8 Å². The first-order valence-electron chi connectivity index (χ1n) is 5.34. The molecule has 0 spiro atoms. The zero-order valence-corrected chi connectivity index (χ0v) is 10.6. The van der Waals surface area contributed by atoms with Crippen LogP contribution in [0.5, 0.6) is 0 Å². The minimum absolute atomic E-state index is 0.423. The number of carbonyl (C=O) groups excluding carboxylic acids is 2. The normalized spacial score (nSPS) is 11.8. The van der Waals surface area contributed by atoms with Crippen LogP contribution >= 0.6 is 11.3 Å². The number of thiophene rings is 1. The zero-order valence-electron chi connectivity index (χ0n) is 9.80. The number of hydrogen-bond acceptors (Lipinski definition) is 4. The molecule has 6 nitrogen and oxygen atoms in total. The van der Waals surface area contributed by atoms with Crippen molar-refractivity contribution in [3.8, 4) is 0 Å². The minimum Gasteiger partial charge on any atom is -0.480 e. The summed E-state index contributed by atoms with van der Waals surface area (Å²) in [4.78, 5) is 33.9. The van der Waals surface area contributed by atoms with Gasteiger partial charge in [-0.15, -0.1) is 11.3 Å². The van der Waals surface area contributed by atoms with E-state index in [1.807, 2.05) is 13.0 Å². The number of nitrogens with two attached hydrogens (primary N) is 1. The van der Waals surface area contributed by atoms with E-state index >= 15 is 0 Å². The van der Waals surface area contributed by atoms with Crippen LogP contribution in [0.25, 0.3) is 0 Å². The SMILES string of the molecule is CCc1ccsc1C(=O)N[C@@H](CC(N)=O)C(=O)O. The number of primary amides is 1. The van der Waals surface area contributed by atoms with Crippen molar-refractivity contribution in [3.05, 3.63) is 21.9 Å². The first-order valence-corrected chi connectivity index (χ1v) is 6.22. The molecule has 0 aliphatic rings. The highest BCUT2D eigenvalue weighted by Gasteiger charge is 2.24. The van der Waals surface area contributed by atoms with E-state index in [-0.39, 0.29) is 0 Å². The lowest BCUT2D eigenvalue weighted by Gasteiger charge is -2.12. The molecule has 0 unspecified atom stereocenters. The first kappa shape index (κ1) is 14.2. The molecule has 4 N–H and O–H groups in total. The third-order valence-corrected chi connectivity index (χ3v) is 3.30. The summed E-state index contributed by atoms with van der Waals surface area (Å²) in [6, 6.07) is 0.519. The maximum atomic E-state index is 11.9. The monoisotopic (exact) mass is 270 g/mol. The molecule has 1 heterocycles. The van der Waals surface area contributed by atoms with Crippen molar-refractivity contribution < 1.29 is 19.5 Å². The Balaban J connectivity index is 2.78. The Hall–Kier alpha value is -1.89. The van der Waals surface area contributed by atoms with Crippen molar-refractivity contribution >= 4 is 29.1 Å². The molecule has 0 saturated heterocycles. The average Bonchev–Trinajstić information content (AvgIpc) is 2.75. The maximum Gasteiger partial charge on any atom is 0.326 e. The molecule has 1 atom stereocenters. The Morgan fingerprint density at radius 3 is 2.67 bits per heavy atom. The third kappa shape index (κ3) is 3.56. The molecule has 2 amide bonds. The molecule has 0 aromatic carbocycles. The number of hydrogen-bond donors (Lipinski definition) is 3. The summed E-state index contributed by atoms with van der Waals surface area (Å²) in [5, 5.41) is 12.9. The Kier molecular flexibility index (Phi) is 4.85. The van der Waals surface area contributed by atoms with E-state index in [9.17, 15) is 14.4 Å². The third-order valence-electron chi connectivity index (χ3n) is 2.34. The van der Waals surface area contributed by atoms with Crippen LogP contribution in [0.15, 0.2) is 11.4 Å². The summed E-state index contributed by atoms with van der Waals surface area (Å²) in [6.07, 6.45) is 0.258. The highest BCUT2D eigenvalue weighted by molar-refractivity contribution is 7.12. The predicted molar refractivity (Wildman–Crippen MR) is 66.4 cm³/mol. The molecule has 18 heavy (non-hydrogen) atoms. The van der Waals surface area contributed by atoms with Crippen molar-refractivity contribution in [1.82, 2.24) is 5.32 Å². The molecule has 0 bridgehead atoms. The summed E-state index contributed by atoms with van der Waals surface area (Å²) < 4.78 is 0. The van der Waals surface area contributed by atoms with Crippen LogP contribution in [-0.2, 0) is 16.0 Å². The molecule has 7 heteroatoms. The van der Waals surface area contributed by atoms with Crippen LogP contribution in [0.4, 0.5) is 0 Å². The number of carboxylic acid groups (broad SMARTS) is 1. The van der Waals surface area contributed by atoms with Gasteiger partial charge in [0.1, 0.15) is 6.04 Å². The lowest BCUT2D eigenvalue weighted by molar-refractivity contribution is -0.140. The van der Waals surface area contributed by atoms with Crippen molar-refractivity contribution in [1.29, 1.82) is 0 Å². The number of rotatable bonds is 6. The fraction of sp³-hybridized carbons (Fsp3) is 0.364. The molecule has 1 rings (SSSR count). The largest absolute Gasteiger partial charge is 0.480 e. The summed E-state index contributed by atoms with van der Waals surface area (Å²) in [7, 11) is 0. The Morgan fingerprint density at radius 1 is 1.50 bits per heavy atom. The Morgan fingerprint density at radius 2 is 2.17 bits per heavy atom. The number of carboxylic acids is 1. The van der Waals surface area contributed by atoms with Gasteiger partial charge in [0.2, 0.25) is 5.91 Å². The van der Waals surface area contributed by atoms with E-state index in [1.165, 1.54) is 11.3 Å². The predicted octanol–water partition coefficient (Wildman–Crippen LogP) is 0.369. The molecule has 0 radical (unpaired) electrons. The quantitative estimate of drug-likeness (QED) is 0.693. The summed E-state index contributed by atoms with van der Waals surface area (Å²) in [6.45, 7) is 1.90. The number of nitrogens with one attached hydrogen (secondary N) is 1. The van der Waals surface area contributed by atoms with Gasteiger partial charge in [-0.2, -0.15) is 0 Å². The minimum atomic E-state index is -1.29. The van der Waals surface area contributed by atoms with Gasteiger partial charge in [-0.1, -0.05) is 6.92 Å². The molecular weight excluding hydrogens is 256 g/mol. The van der Waals surface area contributed by atoms with E-state index in [0.717, 1.165) is 5.56 Å². The summed E-state index contributed by atoms with van der Waals surface area (Å²) in [5.74, 6) is -2.54. The van der Waals surface area contributed by atoms with Crippen LogP contribution in [0.2, 0.25) is 0 Å². The summed E-state index contributed by atoms with van der Waals surface area (Å²) in [5.41, 5.74) is 5.78. The van der Waals surface area contributed by atoms with Crippen molar-refractivity contribution in [3.63, 3.8) is 0 Å². The van der Waals surface area contributed by atoms with Crippen LogP contribution in [0, 0.1) is 0 Å². The van der Waals surface area contributed by atoms with E-state index in [0.29, 0.717) is 11.3 Å². The highest BCUT2D eigenvalue weighted by atomic mass is 32.1. The molecule has 98 valence electrons. The number of aliphatic carboxylic acids is 1. The van der Waals surface area contributed by atoms with Gasteiger partial charge in [-0.3, -0.25) is 9.59 Å². The molecule has 0 aliphatic heterocycles. The molecule has 1 aromatic heterocycles.